The minimum atomic E-state index is -0.267. The number of hydrogen-bond donors (Lipinski definition) is 1. The first kappa shape index (κ1) is 20.0. The van der Waals surface area contributed by atoms with E-state index in [1.54, 1.807) is 36.4 Å². The third-order valence-corrected chi connectivity index (χ3v) is 4.48. The molecule has 0 atom stereocenters. The van der Waals surface area contributed by atoms with Crippen LogP contribution in [0.15, 0.2) is 42.5 Å². The average molecular weight is 373 g/mol. The van der Waals surface area contributed by atoms with Crippen LogP contribution in [-0.2, 0) is 0 Å². The van der Waals surface area contributed by atoms with Crippen molar-refractivity contribution in [2.75, 3.05) is 18.4 Å². The number of carbonyl (C=O) groups is 2. The first-order chi connectivity index (χ1) is 12.5. The smallest absolute Gasteiger partial charge is 0.255 e. The molecule has 0 aliphatic carbocycles. The zero-order valence-corrected chi connectivity index (χ0v) is 16.3. The Morgan fingerprint density at radius 2 is 1.65 bits per heavy atom. The summed E-state index contributed by atoms with van der Waals surface area (Å²) in [5, 5.41) is 3.42. The maximum absolute atomic E-state index is 12.7. The van der Waals surface area contributed by atoms with Crippen LogP contribution in [0.5, 0.6) is 0 Å². The van der Waals surface area contributed by atoms with E-state index < -0.39 is 0 Å². The molecular formula is C21H25ClN2O2. The van der Waals surface area contributed by atoms with Gasteiger partial charge in [-0.05, 0) is 55.7 Å². The molecule has 1 N–H and O–H groups in total. The Kier molecular flexibility index (Phi) is 7.22. The summed E-state index contributed by atoms with van der Waals surface area (Å²) in [6.07, 6.45) is 1.81. The fraction of sp³-hybridized carbons (Fsp3) is 0.333. The molecular weight excluding hydrogens is 348 g/mol. The molecule has 0 saturated carbocycles. The minimum absolute atomic E-state index is 0.0401. The molecule has 0 aliphatic rings. The highest BCUT2D eigenvalue weighted by atomic mass is 35.5. The number of amides is 2. The van der Waals surface area contributed by atoms with Gasteiger partial charge < -0.3 is 10.2 Å². The quantitative estimate of drug-likeness (QED) is 0.729. The summed E-state index contributed by atoms with van der Waals surface area (Å²) in [6.45, 7) is 7.43. The van der Waals surface area contributed by atoms with Crippen molar-refractivity contribution < 1.29 is 9.59 Å². The van der Waals surface area contributed by atoms with Gasteiger partial charge in [-0.1, -0.05) is 37.6 Å². The van der Waals surface area contributed by atoms with Crippen molar-refractivity contribution in [3.8, 4) is 0 Å². The summed E-state index contributed by atoms with van der Waals surface area (Å²) in [7, 11) is 0. The molecule has 0 bridgehead atoms. The largest absolute Gasteiger partial charge is 0.339 e. The molecule has 0 spiro atoms. The molecule has 2 aromatic rings. The predicted octanol–water partition coefficient (Wildman–Crippen LogP) is 5.16. The second-order valence-electron chi connectivity index (χ2n) is 6.29. The van der Waals surface area contributed by atoms with Gasteiger partial charge in [0.1, 0.15) is 0 Å². The molecule has 0 aliphatic heterocycles. The standard InChI is InChI=1S/C21H25ClN2O2/c1-4-11-24(12-5-2)21(26)17-8-6-7-16(13-17)20(25)23-18-10-9-15(3)19(22)14-18/h6-10,13-14H,4-5,11-12H2,1-3H3,(H,23,25). The van der Waals surface area contributed by atoms with Crippen LogP contribution >= 0.6 is 11.6 Å². The van der Waals surface area contributed by atoms with E-state index in [1.165, 1.54) is 0 Å². The lowest BCUT2D eigenvalue weighted by Gasteiger charge is -2.21. The third kappa shape index (κ3) is 5.09. The third-order valence-electron chi connectivity index (χ3n) is 4.08. The van der Waals surface area contributed by atoms with Gasteiger partial charge in [-0.3, -0.25) is 9.59 Å². The zero-order valence-electron chi connectivity index (χ0n) is 15.5. The van der Waals surface area contributed by atoms with Crippen molar-refractivity contribution in [1.82, 2.24) is 4.90 Å². The first-order valence-electron chi connectivity index (χ1n) is 8.93. The molecule has 138 valence electrons. The molecule has 0 aromatic heterocycles. The Balaban J connectivity index is 2.17. The van der Waals surface area contributed by atoms with E-state index in [9.17, 15) is 9.59 Å². The molecule has 0 heterocycles. The summed E-state index contributed by atoms with van der Waals surface area (Å²) in [5.74, 6) is -0.307. The van der Waals surface area contributed by atoms with E-state index in [-0.39, 0.29) is 11.8 Å². The van der Waals surface area contributed by atoms with Gasteiger partial charge in [-0.25, -0.2) is 0 Å². The zero-order chi connectivity index (χ0) is 19.1. The second kappa shape index (κ2) is 9.39. The Morgan fingerprint density at radius 3 is 2.27 bits per heavy atom. The predicted molar refractivity (Wildman–Crippen MR) is 107 cm³/mol. The van der Waals surface area contributed by atoms with Gasteiger partial charge in [-0.15, -0.1) is 0 Å². The van der Waals surface area contributed by atoms with Crippen molar-refractivity contribution in [1.29, 1.82) is 0 Å². The number of rotatable bonds is 7. The number of nitrogens with one attached hydrogen (secondary N) is 1. The highest BCUT2D eigenvalue weighted by Gasteiger charge is 2.16. The highest BCUT2D eigenvalue weighted by Crippen LogP contribution is 2.20. The topological polar surface area (TPSA) is 49.4 Å². The lowest BCUT2D eigenvalue weighted by Crippen LogP contribution is -2.32. The molecule has 5 heteroatoms. The maximum atomic E-state index is 12.7. The van der Waals surface area contributed by atoms with Crippen molar-refractivity contribution in [2.45, 2.75) is 33.6 Å². The van der Waals surface area contributed by atoms with Crippen LogP contribution < -0.4 is 5.32 Å². The number of nitrogens with zero attached hydrogens (tertiary/aromatic N) is 1. The molecule has 4 nitrogen and oxygen atoms in total. The number of halogens is 1. The van der Waals surface area contributed by atoms with Crippen LogP contribution in [0.25, 0.3) is 0 Å². The number of hydrogen-bond acceptors (Lipinski definition) is 2. The lowest BCUT2D eigenvalue weighted by atomic mass is 10.1. The van der Waals surface area contributed by atoms with Gasteiger partial charge in [0, 0.05) is 34.9 Å². The molecule has 0 saturated heterocycles. The second-order valence-corrected chi connectivity index (χ2v) is 6.70. The summed E-state index contributed by atoms with van der Waals surface area (Å²) in [4.78, 5) is 27.1. The van der Waals surface area contributed by atoms with Gasteiger partial charge >= 0.3 is 0 Å². The fourth-order valence-corrected chi connectivity index (χ4v) is 2.89. The van der Waals surface area contributed by atoms with Crippen molar-refractivity contribution in [3.63, 3.8) is 0 Å². The van der Waals surface area contributed by atoms with Crippen molar-refractivity contribution in [3.05, 3.63) is 64.2 Å². The van der Waals surface area contributed by atoms with E-state index in [0.29, 0.717) is 34.9 Å². The summed E-state index contributed by atoms with van der Waals surface area (Å²) in [5.41, 5.74) is 2.55. The summed E-state index contributed by atoms with van der Waals surface area (Å²) in [6, 6.07) is 12.2. The van der Waals surface area contributed by atoms with E-state index in [1.807, 2.05) is 31.7 Å². The Hall–Kier alpha value is -2.33. The molecule has 0 unspecified atom stereocenters. The van der Waals surface area contributed by atoms with E-state index in [2.05, 4.69) is 5.32 Å². The van der Waals surface area contributed by atoms with Crippen molar-refractivity contribution in [2.24, 2.45) is 0 Å². The molecule has 26 heavy (non-hydrogen) atoms. The molecule has 2 amide bonds. The lowest BCUT2D eigenvalue weighted by molar-refractivity contribution is 0.0755. The summed E-state index contributed by atoms with van der Waals surface area (Å²) >= 11 is 6.10. The van der Waals surface area contributed by atoms with E-state index >= 15 is 0 Å². The normalized spacial score (nSPS) is 10.5. The van der Waals surface area contributed by atoms with Crippen LogP contribution in [-0.4, -0.2) is 29.8 Å². The average Bonchev–Trinajstić information content (AvgIpc) is 2.64. The van der Waals surface area contributed by atoms with Crippen LogP contribution in [0.3, 0.4) is 0 Å². The van der Waals surface area contributed by atoms with Gasteiger partial charge in [0.2, 0.25) is 0 Å². The summed E-state index contributed by atoms with van der Waals surface area (Å²) < 4.78 is 0. The van der Waals surface area contributed by atoms with E-state index in [0.717, 1.165) is 18.4 Å². The number of aryl methyl sites for hydroxylation is 1. The van der Waals surface area contributed by atoms with Crippen molar-refractivity contribution >= 4 is 29.1 Å². The molecule has 0 fully saturated rings. The van der Waals surface area contributed by atoms with Gasteiger partial charge in [0.15, 0.2) is 0 Å². The SMILES string of the molecule is CCCN(CCC)C(=O)c1cccc(C(=O)Nc2ccc(C)c(Cl)c2)c1. The van der Waals surface area contributed by atoms with Crippen LogP contribution in [0.4, 0.5) is 5.69 Å². The number of anilines is 1. The Morgan fingerprint density at radius 1 is 1.00 bits per heavy atom. The maximum Gasteiger partial charge on any atom is 0.255 e. The number of benzene rings is 2. The molecule has 2 rings (SSSR count). The van der Waals surface area contributed by atoms with Gasteiger partial charge in [-0.2, -0.15) is 0 Å². The Labute approximate surface area is 160 Å². The minimum Gasteiger partial charge on any atom is -0.339 e. The van der Waals surface area contributed by atoms with Gasteiger partial charge in [0.25, 0.3) is 11.8 Å². The molecule has 2 aromatic carbocycles. The van der Waals surface area contributed by atoms with Crippen LogP contribution in [0.2, 0.25) is 5.02 Å². The van der Waals surface area contributed by atoms with Crippen LogP contribution in [0.1, 0.15) is 53.0 Å². The molecule has 0 radical (unpaired) electrons. The number of carbonyl (C=O) groups excluding carboxylic acids is 2. The van der Waals surface area contributed by atoms with Gasteiger partial charge in [0.05, 0.1) is 0 Å². The van der Waals surface area contributed by atoms with E-state index in [4.69, 9.17) is 11.6 Å². The monoisotopic (exact) mass is 372 g/mol. The fourth-order valence-electron chi connectivity index (χ4n) is 2.70. The first-order valence-corrected chi connectivity index (χ1v) is 9.30. The highest BCUT2D eigenvalue weighted by molar-refractivity contribution is 6.31. The Bertz CT molecular complexity index is 783. The van der Waals surface area contributed by atoms with Crippen LogP contribution in [0, 0.1) is 6.92 Å².